The molecule has 0 fully saturated rings. The SMILES string of the molecule is N#Cc1ccc2oc(-c3cc4ccc(C#N)cc4[nH]3)cc2c1. The second-order valence-electron chi connectivity index (χ2n) is 5.07. The number of benzene rings is 2. The number of aromatic amines is 1. The summed E-state index contributed by atoms with van der Waals surface area (Å²) in [5, 5.41) is 19.8. The highest BCUT2D eigenvalue weighted by molar-refractivity contribution is 5.89. The zero-order chi connectivity index (χ0) is 15.1. The van der Waals surface area contributed by atoms with E-state index in [1.54, 1.807) is 24.3 Å². The van der Waals surface area contributed by atoms with Gasteiger partial charge in [-0.05, 0) is 42.5 Å². The second-order valence-corrected chi connectivity index (χ2v) is 5.07. The van der Waals surface area contributed by atoms with Crippen LogP contribution in [0, 0.1) is 22.7 Å². The normalized spacial score (nSPS) is 10.6. The van der Waals surface area contributed by atoms with Crippen molar-refractivity contribution in [2.24, 2.45) is 0 Å². The Kier molecular flexibility index (Phi) is 2.51. The minimum absolute atomic E-state index is 0.607. The van der Waals surface area contributed by atoms with Gasteiger partial charge in [0.2, 0.25) is 0 Å². The molecule has 0 aliphatic rings. The number of aromatic nitrogens is 1. The van der Waals surface area contributed by atoms with Crippen LogP contribution in [0.2, 0.25) is 0 Å². The first-order valence-corrected chi connectivity index (χ1v) is 6.74. The molecule has 1 N–H and O–H groups in total. The van der Waals surface area contributed by atoms with Crippen molar-refractivity contribution in [3.8, 4) is 23.6 Å². The van der Waals surface area contributed by atoms with Crippen LogP contribution in [0.25, 0.3) is 33.3 Å². The lowest BCUT2D eigenvalue weighted by Gasteiger charge is -1.90. The largest absolute Gasteiger partial charge is 0.455 e. The summed E-state index contributed by atoms with van der Waals surface area (Å²) in [6.45, 7) is 0. The van der Waals surface area contributed by atoms with Gasteiger partial charge in [0.15, 0.2) is 5.76 Å². The van der Waals surface area contributed by atoms with Crippen LogP contribution in [-0.4, -0.2) is 4.98 Å². The number of hydrogen-bond acceptors (Lipinski definition) is 3. The van der Waals surface area contributed by atoms with Crippen LogP contribution < -0.4 is 0 Å². The van der Waals surface area contributed by atoms with Gasteiger partial charge in [0.25, 0.3) is 0 Å². The molecule has 0 radical (unpaired) electrons. The number of nitrogens with zero attached hydrogens (tertiary/aromatic N) is 2. The van der Waals surface area contributed by atoms with Gasteiger partial charge in [0.1, 0.15) is 5.58 Å². The van der Waals surface area contributed by atoms with Crippen molar-refractivity contribution in [3.05, 3.63) is 59.7 Å². The van der Waals surface area contributed by atoms with Crippen LogP contribution in [0.3, 0.4) is 0 Å². The van der Waals surface area contributed by atoms with Crippen molar-refractivity contribution in [3.63, 3.8) is 0 Å². The minimum Gasteiger partial charge on any atom is -0.455 e. The van der Waals surface area contributed by atoms with Gasteiger partial charge in [0, 0.05) is 16.3 Å². The van der Waals surface area contributed by atoms with Crippen molar-refractivity contribution in [1.29, 1.82) is 10.5 Å². The number of nitrogens with one attached hydrogen (secondary N) is 1. The molecule has 2 aromatic carbocycles. The average molecular weight is 283 g/mol. The number of fused-ring (bicyclic) bond motifs is 2. The molecule has 0 spiro atoms. The van der Waals surface area contributed by atoms with E-state index in [9.17, 15) is 0 Å². The van der Waals surface area contributed by atoms with E-state index in [0.29, 0.717) is 16.9 Å². The van der Waals surface area contributed by atoms with Crippen LogP contribution in [-0.2, 0) is 0 Å². The summed E-state index contributed by atoms with van der Waals surface area (Å²) in [7, 11) is 0. The second kappa shape index (κ2) is 4.51. The van der Waals surface area contributed by atoms with Gasteiger partial charge < -0.3 is 9.40 Å². The fourth-order valence-corrected chi connectivity index (χ4v) is 2.57. The Balaban J connectivity index is 1.87. The first-order valence-electron chi connectivity index (χ1n) is 6.74. The van der Waals surface area contributed by atoms with Gasteiger partial charge in [-0.15, -0.1) is 0 Å². The van der Waals surface area contributed by atoms with Crippen molar-refractivity contribution in [1.82, 2.24) is 4.98 Å². The number of rotatable bonds is 1. The zero-order valence-electron chi connectivity index (χ0n) is 11.4. The third kappa shape index (κ3) is 1.83. The summed E-state index contributed by atoms with van der Waals surface area (Å²) in [6, 6.07) is 19.0. The Morgan fingerprint density at radius 3 is 2.41 bits per heavy atom. The van der Waals surface area contributed by atoms with Gasteiger partial charge in [-0.1, -0.05) is 6.07 Å². The van der Waals surface area contributed by atoms with Gasteiger partial charge in [0.05, 0.1) is 29.0 Å². The molecule has 4 aromatic rings. The summed E-state index contributed by atoms with van der Waals surface area (Å²) < 4.78 is 5.83. The number of furan rings is 1. The van der Waals surface area contributed by atoms with Crippen molar-refractivity contribution in [2.45, 2.75) is 0 Å². The number of hydrogen-bond donors (Lipinski definition) is 1. The summed E-state index contributed by atoms with van der Waals surface area (Å²) >= 11 is 0. The molecule has 4 rings (SSSR count). The molecule has 0 saturated heterocycles. The van der Waals surface area contributed by atoms with Gasteiger partial charge in [-0.25, -0.2) is 0 Å². The molecular weight excluding hydrogens is 274 g/mol. The fourth-order valence-electron chi connectivity index (χ4n) is 2.57. The van der Waals surface area contributed by atoms with E-state index in [1.807, 2.05) is 24.3 Å². The van der Waals surface area contributed by atoms with E-state index < -0.39 is 0 Å². The Bertz CT molecular complexity index is 1010. The van der Waals surface area contributed by atoms with E-state index in [1.165, 1.54) is 0 Å². The molecule has 0 saturated carbocycles. The molecule has 2 aromatic heterocycles. The Morgan fingerprint density at radius 1 is 0.818 bits per heavy atom. The topological polar surface area (TPSA) is 76.5 Å². The third-order valence-electron chi connectivity index (χ3n) is 3.66. The Hall–Kier alpha value is -3.50. The Labute approximate surface area is 125 Å². The molecule has 102 valence electrons. The molecule has 22 heavy (non-hydrogen) atoms. The molecule has 0 aliphatic carbocycles. The smallest absolute Gasteiger partial charge is 0.151 e. The van der Waals surface area contributed by atoms with Crippen molar-refractivity contribution in [2.75, 3.05) is 0 Å². The third-order valence-corrected chi connectivity index (χ3v) is 3.66. The minimum atomic E-state index is 0.607. The molecule has 0 unspecified atom stereocenters. The molecule has 2 heterocycles. The zero-order valence-corrected chi connectivity index (χ0v) is 11.4. The maximum absolute atomic E-state index is 8.96. The molecule has 0 aliphatic heterocycles. The lowest BCUT2D eigenvalue weighted by molar-refractivity contribution is 0.629. The maximum atomic E-state index is 8.96. The van der Waals surface area contributed by atoms with E-state index >= 15 is 0 Å². The lowest BCUT2D eigenvalue weighted by atomic mass is 10.1. The number of nitriles is 2. The Morgan fingerprint density at radius 2 is 1.59 bits per heavy atom. The van der Waals surface area contributed by atoms with Crippen molar-refractivity contribution >= 4 is 21.9 Å². The highest BCUT2D eigenvalue weighted by Gasteiger charge is 2.10. The van der Waals surface area contributed by atoms with Gasteiger partial charge in [-0.3, -0.25) is 0 Å². The summed E-state index contributed by atoms with van der Waals surface area (Å²) in [6.07, 6.45) is 0. The quantitative estimate of drug-likeness (QED) is 0.565. The van der Waals surface area contributed by atoms with E-state index in [-0.39, 0.29) is 0 Å². The van der Waals surface area contributed by atoms with Gasteiger partial charge in [-0.2, -0.15) is 10.5 Å². The molecule has 4 heteroatoms. The van der Waals surface area contributed by atoms with E-state index in [4.69, 9.17) is 14.9 Å². The molecule has 0 bridgehead atoms. The summed E-state index contributed by atoms with van der Waals surface area (Å²) in [5.74, 6) is 0.708. The average Bonchev–Trinajstić information content (AvgIpc) is 3.16. The number of H-pyrrole nitrogens is 1. The molecular formula is C18H9N3O. The summed E-state index contributed by atoms with van der Waals surface area (Å²) in [4.78, 5) is 3.27. The summed E-state index contributed by atoms with van der Waals surface area (Å²) in [5.41, 5.74) is 3.71. The standard InChI is InChI=1S/C18H9N3O/c19-9-11-2-4-17-14(5-11)8-18(22-17)16-7-13-3-1-12(10-20)6-15(13)21-16/h1-8,21H. The van der Waals surface area contributed by atoms with Crippen LogP contribution in [0.5, 0.6) is 0 Å². The monoisotopic (exact) mass is 283 g/mol. The maximum Gasteiger partial charge on any atom is 0.151 e. The van der Waals surface area contributed by atoms with E-state index in [0.717, 1.165) is 27.6 Å². The van der Waals surface area contributed by atoms with Crippen LogP contribution >= 0.6 is 0 Å². The van der Waals surface area contributed by atoms with Crippen LogP contribution in [0.4, 0.5) is 0 Å². The first kappa shape index (κ1) is 12.3. The van der Waals surface area contributed by atoms with Crippen LogP contribution in [0.1, 0.15) is 11.1 Å². The molecule has 0 amide bonds. The highest BCUT2D eigenvalue weighted by atomic mass is 16.3. The predicted molar refractivity (Wildman–Crippen MR) is 82.9 cm³/mol. The molecule has 4 nitrogen and oxygen atoms in total. The van der Waals surface area contributed by atoms with Gasteiger partial charge >= 0.3 is 0 Å². The first-order chi connectivity index (χ1) is 10.8. The van der Waals surface area contributed by atoms with Crippen LogP contribution in [0.15, 0.2) is 52.9 Å². The van der Waals surface area contributed by atoms with Crippen molar-refractivity contribution < 1.29 is 4.42 Å². The van der Waals surface area contributed by atoms with E-state index in [2.05, 4.69) is 17.1 Å². The highest BCUT2D eigenvalue weighted by Crippen LogP contribution is 2.30. The predicted octanol–water partition coefficient (Wildman–Crippen LogP) is 4.32. The lowest BCUT2D eigenvalue weighted by Crippen LogP contribution is -1.74. The fraction of sp³-hybridized carbons (Fsp3) is 0. The molecule has 0 atom stereocenters.